The molecular weight excluding hydrogens is 146 g/mol. The summed E-state index contributed by atoms with van der Waals surface area (Å²) in [4.78, 5) is 11.4. The molecule has 0 aromatic heterocycles. The standard InChI is InChI=1S/C6H11N3O2/c7-6(9(10)11)5-8-3-1-2-4-8/h5H,1-4,7H2. The van der Waals surface area contributed by atoms with Gasteiger partial charge in [-0.3, -0.25) is 5.73 Å². The Bertz CT molecular complexity index is 184. The minimum Gasteiger partial charge on any atom is -0.371 e. The summed E-state index contributed by atoms with van der Waals surface area (Å²) in [6.45, 7) is 1.77. The summed E-state index contributed by atoms with van der Waals surface area (Å²) in [5, 5.41) is 10.1. The molecule has 5 heteroatoms. The molecule has 0 aromatic rings. The third-order valence-corrected chi connectivity index (χ3v) is 1.67. The van der Waals surface area contributed by atoms with Gasteiger partial charge in [-0.05, 0) is 17.8 Å². The first kappa shape index (κ1) is 7.84. The lowest BCUT2D eigenvalue weighted by molar-refractivity contribution is -0.427. The summed E-state index contributed by atoms with van der Waals surface area (Å²) < 4.78 is 0. The molecule has 1 aliphatic rings. The summed E-state index contributed by atoms with van der Waals surface area (Å²) in [5.74, 6) is -0.271. The molecule has 0 spiro atoms. The Morgan fingerprint density at radius 3 is 2.55 bits per heavy atom. The fourth-order valence-corrected chi connectivity index (χ4v) is 1.10. The van der Waals surface area contributed by atoms with Crippen LogP contribution >= 0.6 is 0 Å². The molecule has 0 unspecified atom stereocenters. The van der Waals surface area contributed by atoms with E-state index in [1.807, 2.05) is 4.90 Å². The zero-order valence-corrected chi connectivity index (χ0v) is 6.19. The maximum Gasteiger partial charge on any atom is 0.330 e. The van der Waals surface area contributed by atoms with Crippen molar-refractivity contribution >= 4 is 0 Å². The second-order valence-electron chi connectivity index (χ2n) is 2.55. The molecule has 1 fully saturated rings. The first-order chi connectivity index (χ1) is 5.20. The van der Waals surface area contributed by atoms with Gasteiger partial charge in [0.1, 0.15) is 0 Å². The van der Waals surface area contributed by atoms with Gasteiger partial charge in [0, 0.05) is 13.1 Å². The van der Waals surface area contributed by atoms with E-state index in [1.54, 1.807) is 0 Å². The normalized spacial score (nSPS) is 18.9. The second kappa shape index (κ2) is 3.23. The van der Waals surface area contributed by atoms with Crippen molar-refractivity contribution in [3.63, 3.8) is 0 Å². The lowest BCUT2D eigenvalue weighted by atomic mass is 10.4. The van der Waals surface area contributed by atoms with Crippen molar-refractivity contribution in [2.75, 3.05) is 13.1 Å². The smallest absolute Gasteiger partial charge is 0.330 e. The van der Waals surface area contributed by atoms with Crippen LogP contribution in [-0.4, -0.2) is 22.9 Å². The number of hydrogen-bond acceptors (Lipinski definition) is 4. The second-order valence-corrected chi connectivity index (χ2v) is 2.55. The van der Waals surface area contributed by atoms with Crippen LogP contribution in [0.4, 0.5) is 0 Å². The average molecular weight is 157 g/mol. The van der Waals surface area contributed by atoms with Crippen molar-refractivity contribution in [1.29, 1.82) is 0 Å². The van der Waals surface area contributed by atoms with Gasteiger partial charge in [-0.15, -0.1) is 0 Å². The lowest BCUT2D eigenvalue weighted by Gasteiger charge is -2.09. The summed E-state index contributed by atoms with van der Waals surface area (Å²) >= 11 is 0. The van der Waals surface area contributed by atoms with Crippen LogP contribution in [0.25, 0.3) is 0 Å². The number of nitrogens with two attached hydrogens (primary N) is 1. The van der Waals surface area contributed by atoms with Crippen molar-refractivity contribution in [3.05, 3.63) is 22.1 Å². The molecule has 0 atom stereocenters. The summed E-state index contributed by atoms with van der Waals surface area (Å²) in [7, 11) is 0. The van der Waals surface area contributed by atoms with E-state index in [4.69, 9.17) is 5.73 Å². The van der Waals surface area contributed by atoms with E-state index in [9.17, 15) is 10.1 Å². The predicted octanol–water partition coefficient (Wildman–Crippen LogP) is 0.117. The third-order valence-electron chi connectivity index (χ3n) is 1.67. The average Bonchev–Trinajstić information content (AvgIpc) is 2.39. The van der Waals surface area contributed by atoms with E-state index in [0.29, 0.717) is 0 Å². The molecule has 5 nitrogen and oxygen atoms in total. The lowest BCUT2D eigenvalue weighted by Crippen LogP contribution is -2.18. The highest BCUT2D eigenvalue weighted by Gasteiger charge is 2.10. The van der Waals surface area contributed by atoms with Crippen molar-refractivity contribution in [2.45, 2.75) is 12.8 Å². The molecule has 0 aromatic carbocycles. The zero-order chi connectivity index (χ0) is 8.27. The summed E-state index contributed by atoms with van der Waals surface area (Å²) in [6.07, 6.45) is 3.61. The molecule has 11 heavy (non-hydrogen) atoms. The Balaban J connectivity index is 2.49. The van der Waals surface area contributed by atoms with E-state index in [0.717, 1.165) is 25.9 Å². The van der Waals surface area contributed by atoms with Gasteiger partial charge in [-0.25, -0.2) is 0 Å². The SMILES string of the molecule is NC(=CN1CCCC1)[N+](=O)[O-]. The van der Waals surface area contributed by atoms with Crippen LogP contribution in [0.2, 0.25) is 0 Å². The first-order valence-corrected chi connectivity index (χ1v) is 3.56. The maximum atomic E-state index is 10.1. The van der Waals surface area contributed by atoms with Crippen LogP contribution < -0.4 is 5.73 Å². The Labute approximate surface area is 64.6 Å². The molecule has 1 aliphatic heterocycles. The Kier molecular flexibility index (Phi) is 2.30. The van der Waals surface area contributed by atoms with Crippen molar-refractivity contribution in [1.82, 2.24) is 4.90 Å². The van der Waals surface area contributed by atoms with Gasteiger partial charge in [0.15, 0.2) is 0 Å². The highest BCUT2D eigenvalue weighted by molar-refractivity contribution is 4.87. The molecule has 0 aliphatic carbocycles. The fraction of sp³-hybridized carbons (Fsp3) is 0.667. The van der Waals surface area contributed by atoms with Gasteiger partial charge < -0.3 is 15.0 Å². The number of rotatable bonds is 2. The van der Waals surface area contributed by atoms with E-state index < -0.39 is 4.92 Å². The zero-order valence-electron chi connectivity index (χ0n) is 6.19. The highest BCUT2D eigenvalue weighted by Crippen LogP contribution is 2.07. The quantitative estimate of drug-likeness (QED) is 0.456. The van der Waals surface area contributed by atoms with Crippen molar-refractivity contribution in [2.24, 2.45) is 5.73 Å². The summed E-state index contributed by atoms with van der Waals surface area (Å²) in [6, 6.07) is 0. The highest BCUT2D eigenvalue weighted by atomic mass is 16.6. The molecule has 2 N–H and O–H groups in total. The number of hydrogen-bond donors (Lipinski definition) is 1. The number of likely N-dealkylation sites (tertiary alicyclic amines) is 1. The molecular formula is C6H11N3O2. The van der Waals surface area contributed by atoms with E-state index in [1.165, 1.54) is 6.20 Å². The van der Waals surface area contributed by atoms with E-state index in [2.05, 4.69) is 0 Å². The van der Waals surface area contributed by atoms with Crippen molar-refractivity contribution < 1.29 is 4.92 Å². The first-order valence-electron chi connectivity index (χ1n) is 3.56. The van der Waals surface area contributed by atoms with Gasteiger partial charge in [-0.2, -0.15) is 0 Å². The Morgan fingerprint density at radius 2 is 2.09 bits per heavy atom. The fourth-order valence-electron chi connectivity index (χ4n) is 1.10. The van der Waals surface area contributed by atoms with Gasteiger partial charge in [-0.1, -0.05) is 0 Å². The molecule has 1 saturated heterocycles. The minimum atomic E-state index is -0.571. The van der Waals surface area contributed by atoms with Crippen LogP contribution in [0.15, 0.2) is 12.0 Å². The summed E-state index contributed by atoms with van der Waals surface area (Å²) in [5.41, 5.74) is 5.12. The van der Waals surface area contributed by atoms with Crippen LogP contribution in [0.1, 0.15) is 12.8 Å². The topological polar surface area (TPSA) is 72.4 Å². The predicted molar refractivity (Wildman–Crippen MR) is 40.1 cm³/mol. The van der Waals surface area contributed by atoms with E-state index in [-0.39, 0.29) is 5.82 Å². The Hall–Kier alpha value is -1.26. The molecule has 1 rings (SSSR count). The van der Waals surface area contributed by atoms with E-state index >= 15 is 0 Å². The molecule has 1 heterocycles. The molecule has 0 bridgehead atoms. The van der Waals surface area contributed by atoms with Gasteiger partial charge in [0.05, 0.1) is 6.20 Å². The van der Waals surface area contributed by atoms with Crippen LogP contribution in [0.3, 0.4) is 0 Å². The number of nitrogens with zero attached hydrogens (tertiary/aromatic N) is 2. The van der Waals surface area contributed by atoms with Crippen LogP contribution in [0, 0.1) is 10.1 Å². The van der Waals surface area contributed by atoms with Crippen LogP contribution in [0.5, 0.6) is 0 Å². The third kappa shape index (κ3) is 2.10. The number of nitro groups is 1. The van der Waals surface area contributed by atoms with Crippen LogP contribution in [-0.2, 0) is 0 Å². The molecule has 0 amide bonds. The Morgan fingerprint density at radius 1 is 1.55 bits per heavy atom. The van der Waals surface area contributed by atoms with Gasteiger partial charge in [0.25, 0.3) is 0 Å². The van der Waals surface area contributed by atoms with Crippen molar-refractivity contribution in [3.8, 4) is 0 Å². The molecule has 0 radical (unpaired) electrons. The van der Waals surface area contributed by atoms with Gasteiger partial charge in [0.2, 0.25) is 0 Å². The van der Waals surface area contributed by atoms with Gasteiger partial charge >= 0.3 is 5.82 Å². The monoisotopic (exact) mass is 157 g/mol. The molecule has 0 saturated carbocycles. The minimum absolute atomic E-state index is 0.271. The molecule has 62 valence electrons. The maximum absolute atomic E-state index is 10.1. The largest absolute Gasteiger partial charge is 0.371 e.